The fourth-order valence-electron chi connectivity index (χ4n) is 2.45. The van der Waals surface area contributed by atoms with Crippen LogP contribution < -0.4 is 14.8 Å². The molecule has 2 rings (SSSR count). The van der Waals surface area contributed by atoms with Crippen LogP contribution in [0, 0.1) is 0 Å². The number of anilines is 1. The number of hydrogen-bond acceptors (Lipinski definition) is 5. The molecule has 1 saturated heterocycles. The first-order valence-corrected chi connectivity index (χ1v) is 7.56. The van der Waals surface area contributed by atoms with Gasteiger partial charge in [-0.05, 0) is 12.1 Å². The summed E-state index contributed by atoms with van der Waals surface area (Å²) < 4.78 is 10.3. The first-order chi connectivity index (χ1) is 11.6. The number of hydrogen-bond donors (Lipinski definition) is 1. The molecule has 3 amide bonds. The number of carbonyl (C=O) groups excluding carboxylic acids is 3. The molecule has 1 aliphatic heterocycles. The molecule has 8 heteroatoms. The van der Waals surface area contributed by atoms with Gasteiger partial charge in [0.2, 0.25) is 18.2 Å². The monoisotopic (exact) mass is 335 g/mol. The van der Waals surface area contributed by atoms with Crippen molar-refractivity contribution >= 4 is 23.9 Å². The molecule has 1 fully saturated rings. The maximum atomic E-state index is 12.1. The molecule has 0 atom stereocenters. The average molecular weight is 335 g/mol. The van der Waals surface area contributed by atoms with Crippen molar-refractivity contribution in [1.29, 1.82) is 0 Å². The van der Waals surface area contributed by atoms with Crippen LogP contribution in [0.3, 0.4) is 0 Å². The van der Waals surface area contributed by atoms with Gasteiger partial charge >= 0.3 is 0 Å². The standard InChI is InChI=1S/C16H21N3O5/c1-23-13-4-3-12(9-14(13)24-2)17-15(21)10-16(22)19-7-5-18(11-20)6-8-19/h3-4,9,11H,5-8,10H2,1-2H3,(H,17,21). The van der Waals surface area contributed by atoms with Gasteiger partial charge in [0.25, 0.3) is 0 Å². The second-order valence-electron chi connectivity index (χ2n) is 5.32. The van der Waals surface area contributed by atoms with E-state index in [1.54, 1.807) is 28.0 Å². The van der Waals surface area contributed by atoms with E-state index in [1.165, 1.54) is 14.2 Å². The van der Waals surface area contributed by atoms with E-state index in [2.05, 4.69) is 5.32 Å². The molecule has 1 aromatic rings. The van der Waals surface area contributed by atoms with Gasteiger partial charge in [0.1, 0.15) is 6.42 Å². The summed E-state index contributed by atoms with van der Waals surface area (Å²) in [6, 6.07) is 4.98. The predicted molar refractivity (Wildman–Crippen MR) is 87.0 cm³/mol. The molecule has 0 aliphatic carbocycles. The van der Waals surface area contributed by atoms with Gasteiger partial charge in [-0.25, -0.2) is 0 Å². The molecule has 0 spiro atoms. The third-order valence-electron chi connectivity index (χ3n) is 3.80. The van der Waals surface area contributed by atoms with E-state index in [1.807, 2.05) is 0 Å². The Hall–Kier alpha value is -2.77. The summed E-state index contributed by atoms with van der Waals surface area (Å²) in [6.45, 7) is 1.88. The summed E-state index contributed by atoms with van der Waals surface area (Å²) in [5.74, 6) is 0.398. The van der Waals surface area contributed by atoms with Crippen molar-refractivity contribution < 1.29 is 23.9 Å². The van der Waals surface area contributed by atoms with Crippen molar-refractivity contribution in [3.8, 4) is 11.5 Å². The molecule has 1 heterocycles. The highest BCUT2D eigenvalue weighted by molar-refractivity contribution is 6.03. The van der Waals surface area contributed by atoms with E-state index in [4.69, 9.17) is 9.47 Å². The van der Waals surface area contributed by atoms with Crippen molar-refractivity contribution in [3.63, 3.8) is 0 Å². The van der Waals surface area contributed by atoms with E-state index in [0.717, 1.165) is 6.41 Å². The zero-order valence-electron chi connectivity index (χ0n) is 13.8. The first kappa shape index (κ1) is 17.6. The average Bonchev–Trinajstić information content (AvgIpc) is 2.61. The molecule has 0 aromatic heterocycles. The van der Waals surface area contributed by atoms with Gasteiger partial charge in [0.15, 0.2) is 11.5 Å². The minimum Gasteiger partial charge on any atom is -0.493 e. The Kier molecular flexibility index (Phi) is 6.00. The summed E-state index contributed by atoms with van der Waals surface area (Å²) in [5, 5.41) is 2.67. The van der Waals surface area contributed by atoms with Gasteiger partial charge in [-0.15, -0.1) is 0 Å². The Labute approximate surface area is 140 Å². The second-order valence-corrected chi connectivity index (χ2v) is 5.32. The number of ether oxygens (including phenoxy) is 2. The minimum atomic E-state index is -0.398. The SMILES string of the molecule is COc1ccc(NC(=O)CC(=O)N2CCN(C=O)CC2)cc1OC. The maximum Gasteiger partial charge on any atom is 0.233 e. The van der Waals surface area contributed by atoms with Crippen LogP contribution in [0.1, 0.15) is 6.42 Å². The molecule has 0 bridgehead atoms. The number of benzene rings is 1. The lowest BCUT2D eigenvalue weighted by Crippen LogP contribution is -2.48. The smallest absolute Gasteiger partial charge is 0.233 e. The molecule has 1 aliphatic rings. The van der Waals surface area contributed by atoms with Gasteiger partial charge < -0.3 is 24.6 Å². The van der Waals surface area contributed by atoms with Crippen molar-refractivity contribution in [3.05, 3.63) is 18.2 Å². The molecule has 0 unspecified atom stereocenters. The third kappa shape index (κ3) is 4.37. The van der Waals surface area contributed by atoms with E-state index in [0.29, 0.717) is 43.4 Å². The summed E-state index contributed by atoms with van der Waals surface area (Å²) in [5.41, 5.74) is 0.524. The molecule has 8 nitrogen and oxygen atoms in total. The van der Waals surface area contributed by atoms with Crippen molar-refractivity contribution in [2.24, 2.45) is 0 Å². The van der Waals surface area contributed by atoms with Crippen LogP contribution in [-0.4, -0.2) is 68.4 Å². The lowest BCUT2D eigenvalue weighted by Gasteiger charge is -2.32. The Bertz CT molecular complexity index is 612. The Balaban J connectivity index is 1.89. The van der Waals surface area contributed by atoms with E-state index in [9.17, 15) is 14.4 Å². The minimum absolute atomic E-state index is 0.241. The number of rotatable bonds is 6. The Morgan fingerprint density at radius 1 is 1.12 bits per heavy atom. The van der Waals surface area contributed by atoms with E-state index < -0.39 is 5.91 Å². The first-order valence-electron chi connectivity index (χ1n) is 7.56. The summed E-state index contributed by atoms with van der Waals surface area (Å²) in [7, 11) is 3.03. The van der Waals surface area contributed by atoms with Gasteiger partial charge in [-0.3, -0.25) is 14.4 Å². The molecule has 0 radical (unpaired) electrons. The van der Waals surface area contributed by atoms with Crippen molar-refractivity contribution in [2.45, 2.75) is 6.42 Å². The molecule has 0 saturated carbocycles. The largest absolute Gasteiger partial charge is 0.493 e. The van der Waals surface area contributed by atoms with Gasteiger partial charge in [-0.2, -0.15) is 0 Å². The normalized spacial score (nSPS) is 14.1. The predicted octanol–water partition coefficient (Wildman–Crippen LogP) is 0.333. The van der Waals surface area contributed by atoms with Crippen LogP contribution in [-0.2, 0) is 14.4 Å². The molecular weight excluding hydrogens is 314 g/mol. The fourth-order valence-corrected chi connectivity index (χ4v) is 2.45. The van der Waals surface area contributed by atoms with Crippen LogP contribution >= 0.6 is 0 Å². The Morgan fingerprint density at radius 2 is 1.79 bits per heavy atom. The highest BCUT2D eigenvalue weighted by atomic mass is 16.5. The summed E-state index contributed by atoms with van der Waals surface area (Å²) in [4.78, 5) is 38.0. The maximum absolute atomic E-state index is 12.1. The molecule has 1 aromatic carbocycles. The van der Waals surface area contributed by atoms with Gasteiger partial charge in [-0.1, -0.05) is 0 Å². The van der Waals surface area contributed by atoms with Crippen LogP contribution in [0.25, 0.3) is 0 Å². The molecule has 1 N–H and O–H groups in total. The third-order valence-corrected chi connectivity index (χ3v) is 3.80. The fraction of sp³-hybridized carbons (Fsp3) is 0.438. The van der Waals surface area contributed by atoms with E-state index >= 15 is 0 Å². The molecule has 130 valence electrons. The number of nitrogens with zero attached hydrogens (tertiary/aromatic N) is 2. The summed E-state index contributed by atoms with van der Waals surface area (Å²) in [6.07, 6.45) is 0.529. The Morgan fingerprint density at radius 3 is 2.38 bits per heavy atom. The molecule has 24 heavy (non-hydrogen) atoms. The highest BCUT2D eigenvalue weighted by Crippen LogP contribution is 2.29. The van der Waals surface area contributed by atoms with Crippen molar-refractivity contribution in [2.75, 3.05) is 45.7 Å². The van der Waals surface area contributed by atoms with Crippen LogP contribution in [0.2, 0.25) is 0 Å². The van der Waals surface area contributed by atoms with Crippen LogP contribution in [0.15, 0.2) is 18.2 Å². The topological polar surface area (TPSA) is 88.2 Å². The highest BCUT2D eigenvalue weighted by Gasteiger charge is 2.22. The number of methoxy groups -OCH3 is 2. The summed E-state index contributed by atoms with van der Waals surface area (Å²) >= 11 is 0. The number of piperazine rings is 1. The zero-order chi connectivity index (χ0) is 17.5. The van der Waals surface area contributed by atoms with Crippen LogP contribution in [0.5, 0.6) is 11.5 Å². The number of amides is 3. The van der Waals surface area contributed by atoms with Gasteiger partial charge in [0, 0.05) is 37.9 Å². The lowest BCUT2D eigenvalue weighted by molar-refractivity contribution is -0.137. The zero-order valence-corrected chi connectivity index (χ0v) is 13.8. The second kappa shape index (κ2) is 8.19. The molecular formula is C16H21N3O5. The number of carbonyl (C=O) groups is 3. The van der Waals surface area contributed by atoms with Crippen molar-refractivity contribution in [1.82, 2.24) is 9.80 Å². The lowest BCUT2D eigenvalue weighted by atomic mass is 10.2. The van der Waals surface area contributed by atoms with Crippen LogP contribution in [0.4, 0.5) is 5.69 Å². The number of nitrogens with one attached hydrogen (secondary N) is 1. The van der Waals surface area contributed by atoms with Gasteiger partial charge in [0.05, 0.1) is 14.2 Å². The quantitative estimate of drug-likeness (QED) is 0.598. The van der Waals surface area contributed by atoms with E-state index in [-0.39, 0.29) is 12.3 Å².